The lowest BCUT2D eigenvalue weighted by molar-refractivity contribution is 0.0582. The molecule has 0 aromatic heterocycles. The standard InChI is InChI=1S/C16H25NO3/c1-19-11-14(18)7-8-17-13-9-12(10-13)15-5-3-4-6-16(15)20-2/h3-6,12-14,17-18H,7-11H2,1-2H3. The lowest BCUT2D eigenvalue weighted by Gasteiger charge is -2.37. The molecule has 0 heterocycles. The number of nitrogens with one attached hydrogen (secondary N) is 1. The molecule has 20 heavy (non-hydrogen) atoms. The Morgan fingerprint density at radius 3 is 2.75 bits per heavy atom. The Bertz CT molecular complexity index is 404. The molecular weight excluding hydrogens is 254 g/mol. The summed E-state index contributed by atoms with van der Waals surface area (Å²) in [6.45, 7) is 1.25. The minimum absolute atomic E-state index is 0.363. The van der Waals surface area contributed by atoms with E-state index in [1.54, 1.807) is 14.2 Å². The summed E-state index contributed by atoms with van der Waals surface area (Å²) in [6, 6.07) is 8.81. The summed E-state index contributed by atoms with van der Waals surface area (Å²) in [5.74, 6) is 1.58. The van der Waals surface area contributed by atoms with Crippen LogP contribution in [0.5, 0.6) is 5.75 Å². The molecule has 1 saturated carbocycles. The summed E-state index contributed by atoms with van der Waals surface area (Å²) < 4.78 is 10.3. The number of para-hydroxylation sites is 1. The first kappa shape index (κ1) is 15.3. The van der Waals surface area contributed by atoms with Gasteiger partial charge in [-0.1, -0.05) is 18.2 Å². The minimum Gasteiger partial charge on any atom is -0.496 e. The zero-order valence-corrected chi connectivity index (χ0v) is 12.3. The Morgan fingerprint density at radius 2 is 2.05 bits per heavy atom. The Kier molecular flexibility index (Phi) is 5.83. The fourth-order valence-electron chi connectivity index (χ4n) is 2.77. The summed E-state index contributed by atoms with van der Waals surface area (Å²) in [7, 11) is 3.34. The van der Waals surface area contributed by atoms with E-state index in [-0.39, 0.29) is 6.10 Å². The van der Waals surface area contributed by atoms with Gasteiger partial charge in [0.15, 0.2) is 0 Å². The largest absolute Gasteiger partial charge is 0.496 e. The summed E-state index contributed by atoms with van der Waals surface area (Å²) in [5.41, 5.74) is 1.31. The first-order chi connectivity index (χ1) is 9.74. The van der Waals surface area contributed by atoms with Gasteiger partial charge in [0.2, 0.25) is 0 Å². The van der Waals surface area contributed by atoms with Gasteiger partial charge in [0.05, 0.1) is 19.8 Å². The second kappa shape index (κ2) is 7.62. The number of aliphatic hydroxyl groups is 1. The van der Waals surface area contributed by atoms with E-state index in [0.29, 0.717) is 18.6 Å². The molecule has 112 valence electrons. The van der Waals surface area contributed by atoms with Crippen LogP contribution in [0.15, 0.2) is 24.3 Å². The van der Waals surface area contributed by atoms with Crippen LogP contribution in [-0.4, -0.2) is 44.6 Å². The maximum absolute atomic E-state index is 9.57. The van der Waals surface area contributed by atoms with Crippen LogP contribution in [0, 0.1) is 0 Å². The normalized spacial score (nSPS) is 23.1. The molecule has 1 fully saturated rings. The van der Waals surface area contributed by atoms with Crippen LogP contribution in [0.4, 0.5) is 0 Å². The quantitative estimate of drug-likeness (QED) is 0.763. The zero-order valence-electron chi connectivity index (χ0n) is 12.3. The van der Waals surface area contributed by atoms with Crippen LogP contribution in [0.25, 0.3) is 0 Å². The van der Waals surface area contributed by atoms with Crippen molar-refractivity contribution < 1.29 is 14.6 Å². The van der Waals surface area contributed by atoms with Crippen molar-refractivity contribution in [2.45, 2.75) is 37.3 Å². The summed E-state index contributed by atoms with van der Waals surface area (Å²) >= 11 is 0. The number of rotatable bonds is 8. The van der Waals surface area contributed by atoms with Gasteiger partial charge in [0.25, 0.3) is 0 Å². The number of aliphatic hydroxyl groups excluding tert-OH is 1. The van der Waals surface area contributed by atoms with Gasteiger partial charge in [-0.25, -0.2) is 0 Å². The van der Waals surface area contributed by atoms with Gasteiger partial charge in [-0.05, 0) is 43.4 Å². The third-order valence-corrected chi connectivity index (χ3v) is 3.99. The molecule has 2 rings (SSSR count). The van der Waals surface area contributed by atoms with Crippen LogP contribution in [0.1, 0.15) is 30.7 Å². The Balaban J connectivity index is 1.69. The smallest absolute Gasteiger partial charge is 0.122 e. The van der Waals surface area contributed by atoms with E-state index in [4.69, 9.17) is 9.47 Å². The van der Waals surface area contributed by atoms with E-state index in [2.05, 4.69) is 17.4 Å². The molecule has 2 N–H and O–H groups in total. The molecule has 0 bridgehead atoms. The first-order valence-electron chi connectivity index (χ1n) is 7.28. The zero-order chi connectivity index (χ0) is 14.4. The molecule has 1 unspecified atom stereocenters. The predicted octanol–water partition coefficient (Wildman–Crippen LogP) is 1.93. The van der Waals surface area contributed by atoms with Crippen LogP contribution < -0.4 is 10.1 Å². The van der Waals surface area contributed by atoms with Crippen LogP contribution >= 0.6 is 0 Å². The van der Waals surface area contributed by atoms with Crippen molar-refractivity contribution in [1.29, 1.82) is 0 Å². The lowest BCUT2D eigenvalue weighted by Crippen LogP contribution is -2.41. The van der Waals surface area contributed by atoms with E-state index >= 15 is 0 Å². The third-order valence-electron chi connectivity index (χ3n) is 3.99. The second-order valence-electron chi connectivity index (χ2n) is 5.46. The minimum atomic E-state index is -0.363. The van der Waals surface area contributed by atoms with Gasteiger partial charge in [-0.2, -0.15) is 0 Å². The highest BCUT2D eigenvalue weighted by Gasteiger charge is 2.31. The monoisotopic (exact) mass is 279 g/mol. The Morgan fingerprint density at radius 1 is 1.30 bits per heavy atom. The van der Waals surface area contributed by atoms with E-state index in [1.165, 1.54) is 5.56 Å². The first-order valence-corrected chi connectivity index (χ1v) is 7.28. The number of hydrogen-bond donors (Lipinski definition) is 2. The fourth-order valence-corrected chi connectivity index (χ4v) is 2.77. The van der Waals surface area contributed by atoms with Crippen LogP contribution in [0.2, 0.25) is 0 Å². The van der Waals surface area contributed by atoms with Crippen molar-refractivity contribution in [1.82, 2.24) is 5.32 Å². The molecule has 0 radical (unpaired) electrons. The van der Waals surface area contributed by atoms with Crippen LogP contribution in [-0.2, 0) is 4.74 Å². The maximum atomic E-state index is 9.57. The lowest BCUT2D eigenvalue weighted by atomic mass is 9.75. The van der Waals surface area contributed by atoms with Gasteiger partial charge in [-0.3, -0.25) is 0 Å². The van der Waals surface area contributed by atoms with Crippen LogP contribution in [0.3, 0.4) is 0 Å². The number of methoxy groups -OCH3 is 2. The molecule has 0 aliphatic heterocycles. The summed E-state index contributed by atoms with van der Waals surface area (Å²) in [4.78, 5) is 0. The molecule has 0 amide bonds. The van der Waals surface area contributed by atoms with E-state index in [0.717, 1.165) is 31.6 Å². The average molecular weight is 279 g/mol. The molecule has 1 aromatic rings. The highest BCUT2D eigenvalue weighted by molar-refractivity contribution is 5.37. The van der Waals surface area contributed by atoms with Crippen molar-refractivity contribution in [3.63, 3.8) is 0 Å². The maximum Gasteiger partial charge on any atom is 0.122 e. The van der Waals surface area contributed by atoms with E-state index in [9.17, 15) is 5.11 Å². The predicted molar refractivity (Wildman–Crippen MR) is 79.3 cm³/mol. The van der Waals surface area contributed by atoms with Gasteiger partial charge in [0, 0.05) is 13.2 Å². The molecule has 1 aliphatic rings. The molecular formula is C16H25NO3. The number of benzene rings is 1. The SMILES string of the molecule is COCC(O)CCNC1CC(c2ccccc2OC)C1. The van der Waals surface area contributed by atoms with Crippen molar-refractivity contribution >= 4 is 0 Å². The molecule has 1 aliphatic carbocycles. The van der Waals surface area contributed by atoms with E-state index < -0.39 is 0 Å². The molecule has 4 nitrogen and oxygen atoms in total. The van der Waals surface area contributed by atoms with Crippen molar-refractivity contribution in [2.24, 2.45) is 0 Å². The van der Waals surface area contributed by atoms with Crippen molar-refractivity contribution in [2.75, 3.05) is 27.4 Å². The van der Waals surface area contributed by atoms with Gasteiger partial charge in [0.1, 0.15) is 5.75 Å². The van der Waals surface area contributed by atoms with E-state index in [1.807, 2.05) is 12.1 Å². The molecule has 1 atom stereocenters. The second-order valence-corrected chi connectivity index (χ2v) is 5.46. The Labute approximate surface area is 121 Å². The molecule has 1 aromatic carbocycles. The number of ether oxygens (including phenoxy) is 2. The van der Waals surface area contributed by atoms with Gasteiger partial charge in [-0.15, -0.1) is 0 Å². The fraction of sp³-hybridized carbons (Fsp3) is 0.625. The van der Waals surface area contributed by atoms with Gasteiger partial charge < -0.3 is 19.9 Å². The molecule has 4 heteroatoms. The topological polar surface area (TPSA) is 50.7 Å². The number of hydrogen-bond acceptors (Lipinski definition) is 4. The highest BCUT2D eigenvalue weighted by Crippen LogP contribution is 2.40. The molecule has 0 saturated heterocycles. The highest BCUT2D eigenvalue weighted by atomic mass is 16.5. The van der Waals surface area contributed by atoms with Crippen molar-refractivity contribution in [3.05, 3.63) is 29.8 Å². The Hall–Kier alpha value is -1.10. The van der Waals surface area contributed by atoms with Crippen molar-refractivity contribution in [3.8, 4) is 5.75 Å². The summed E-state index contributed by atoms with van der Waals surface area (Å²) in [5, 5.41) is 13.1. The summed E-state index contributed by atoms with van der Waals surface area (Å²) in [6.07, 6.45) is 2.66. The third kappa shape index (κ3) is 3.95. The average Bonchev–Trinajstić information content (AvgIpc) is 2.41. The molecule has 0 spiro atoms. The van der Waals surface area contributed by atoms with Gasteiger partial charge >= 0.3 is 0 Å².